The molecule has 3 aromatic heterocycles. The number of aryl methyl sites for hydroxylation is 1. The van der Waals surface area contributed by atoms with Crippen LogP contribution in [0.2, 0.25) is 0 Å². The van der Waals surface area contributed by atoms with Crippen molar-refractivity contribution in [2.75, 3.05) is 0 Å². The van der Waals surface area contributed by atoms with Gasteiger partial charge in [0.2, 0.25) is 5.89 Å². The van der Waals surface area contributed by atoms with Crippen molar-refractivity contribution in [2.24, 2.45) is 13.0 Å². The Morgan fingerprint density at radius 3 is 2.77 bits per heavy atom. The van der Waals surface area contributed by atoms with E-state index in [1.54, 1.807) is 11.6 Å². The highest BCUT2D eigenvalue weighted by molar-refractivity contribution is 5.68. The van der Waals surface area contributed by atoms with Crippen LogP contribution >= 0.6 is 0 Å². The second-order valence-electron chi connectivity index (χ2n) is 7.75. The van der Waals surface area contributed by atoms with Gasteiger partial charge in [-0.15, -0.1) is 0 Å². The molecule has 1 aliphatic rings. The highest BCUT2D eigenvalue weighted by atomic mass is 19.3. The summed E-state index contributed by atoms with van der Waals surface area (Å²) in [6.45, 7) is 0.00948. The van der Waals surface area contributed by atoms with Gasteiger partial charge in [0.05, 0.1) is 6.33 Å². The lowest BCUT2D eigenvalue weighted by Crippen LogP contribution is -2.36. The topological polar surface area (TPSA) is 91.6 Å². The fraction of sp³-hybridized carbons (Fsp3) is 0.350. The van der Waals surface area contributed by atoms with Gasteiger partial charge < -0.3 is 9.09 Å². The number of rotatable bonds is 5. The number of alkyl halides is 2. The minimum Gasteiger partial charge on any atom is -0.337 e. The van der Waals surface area contributed by atoms with Gasteiger partial charge in [0, 0.05) is 24.4 Å². The lowest BCUT2D eigenvalue weighted by Gasteiger charge is -2.38. The van der Waals surface area contributed by atoms with Crippen molar-refractivity contribution in [1.29, 1.82) is 0 Å². The summed E-state index contributed by atoms with van der Waals surface area (Å²) in [7, 11) is 1.69. The van der Waals surface area contributed by atoms with Gasteiger partial charge in [-0.05, 0) is 25.0 Å². The fourth-order valence-electron chi connectivity index (χ4n) is 3.88. The highest BCUT2D eigenvalue weighted by Gasteiger charge is 2.50. The Bertz CT molecular complexity index is 1320. The van der Waals surface area contributed by atoms with E-state index in [9.17, 15) is 18.0 Å². The number of imidazole rings is 1. The molecule has 0 unspecified atom stereocenters. The SMILES string of the molecule is Cn1cnc2ncn(Cc3nc(C4CC(C(F)(F)c5cccc(F)c5)C4)no3)c(=O)c21. The number of hydrogen-bond donors (Lipinski definition) is 0. The highest BCUT2D eigenvalue weighted by Crippen LogP contribution is 2.52. The van der Waals surface area contributed by atoms with Crippen molar-refractivity contribution in [1.82, 2.24) is 29.2 Å². The molecule has 31 heavy (non-hydrogen) atoms. The molecule has 1 aromatic carbocycles. The first-order valence-corrected chi connectivity index (χ1v) is 9.65. The van der Waals surface area contributed by atoms with Crippen molar-refractivity contribution in [3.8, 4) is 0 Å². The van der Waals surface area contributed by atoms with E-state index in [4.69, 9.17) is 4.52 Å². The maximum atomic E-state index is 14.7. The minimum atomic E-state index is -3.14. The molecular weight excluding hydrogens is 413 g/mol. The van der Waals surface area contributed by atoms with Crippen LogP contribution in [0.4, 0.5) is 13.2 Å². The maximum Gasteiger partial charge on any atom is 0.280 e. The van der Waals surface area contributed by atoms with Crippen molar-refractivity contribution in [3.05, 3.63) is 70.4 Å². The van der Waals surface area contributed by atoms with Crippen LogP contribution < -0.4 is 5.56 Å². The third-order valence-electron chi connectivity index (χ3n) is 5.72. The van der Waals surface area contributed by atoms with Gasteiger partial charge in [0.1, 0.15) is 18.7 Å². The van der Waals surface area contributed by atoms with Crippen molar-refractivity contribution in [2.45, 2.75) is 31.2 Å². The number of nitrogens with zero attached hydrogens (tertiary/aromatic N) is 6. The molecule has 0 bridgehead atoms. The van der Waals surface area contributed by atoms with Crippen LogP contribution in [0.3, 0.4) is 0 Å². The Kier molecular flexibility index (Phi) is 4.42. The van der Waals surface area contributed by atoms with Crippen LogP contribution in [0.1, 0.15) is 36.0 Å². The van der Waals surface area contributed by atoms with Crippen LogP contribution in [0.15, 0.2) is 46.2 Å². The molecule has 0 atom stereocenters. The van der Waals surface area contributed by atoms with Crippen LogP contribution in [-0.2, 0) is 19.5 Å². The quantitative estimate of drug-likeness (QED) is 0.484. The largest absolute Gasteiger partial charge is 0.337 e. The Morgan fingerprint density at radius 1 is 1.23 bits per heavy atom. The molecule has 1 saturated carbocycles. The summed E-state index contributed by atoms with van der Waals surface area (Å²) >= 11 is 0. The molecule has 8 nitrogen and oxygen atoms in total. The Labute approximate surface area is 173 Å². The second-order valence-corrected chi connectivity index (χ2v) is 7.75. The minimum absolute atomic E-state index is 0.00948. The van der Waals surface area contributed by atoms with Crippen molar-refractivity contribution >= 4 is 11.2 Å². The molecule has 3 heterocycles. The molecule has 0 spiro atoms. The molecule has 0 N–H and O–H groups in total. The Balaban J connectivity index is 1.29. The zero-order chi connectivity index (χ0) is 21.8. The van der Waals surface area contributed by atoms with E-state index in [-0.39, 0.29) is 42.3 Å². The predicted octanol–water partition coefficient (Wildman–Crippen LogP) is 2.99. The number of benzene rings is 1. The monoisotopic (exact) mass is 430 g/mol. The average Bonchev–Trinajstić information content (AvgIpc) is 3.30. The molecule has 4 aromatic rings. The van der Waals surface area contributed by atoms with E-state index in [1.165, 1.54) is 29.4 Å². The zero-order valence-corrected chi connectivity index (χ0v) is 16.4. The first-order valence-electron chi connectivity index (χ1n) is 9.65. The third kappa shape index (κ3) is 3.29. The molecule has 5 rings (SSSR count). The van der Waals surface area contributed by atoms with Gasteiger partial charge in [-0.25, -0.2) is 23.1 Å². The van der Waals surface area contributed by atoms with Crippen LogP contribution in [0.5, 0.6) is 0 Å². The van der Waals surface area contributed by atoms with E-state index in [0.29, 0.717) is 17.0 Å². The van der Waals surface area contributed by atoms with Gasteiger partial charge in [-0.1, -0.05) is 17.3 Å². The van der Waals surface area contributed by atoms with Crippen LogP contribution in [0, 0.1) is 11.7 Å². The van der Waals surface area contributed by atoms with E-state index >= 15 is 0 Å². The van der Waals surface area contributed by atoms with E-state index < -0.39 is 17.7 Å². The number of halogens is 3. The standard InChI is InChI=1S/C20H17F3N6O2/c1-28-9-24-18-16(28)19(30)29(10-25-18)8-15-26-17(27-31-15)11-5-13(6-11)20(22,23)12-3-2-4-14(21)7-12/h2-4,7,9-11,13H,5-6,8H2,1H3. The van der Waals surface area contributed by atoms with Gasteiger partial charge >= 0.3 is 0 Å². The molecule has 1 aliphatic carbocycles. The van der Waals surface area contributed by atoms with E-state index in [0.717, 1.165) is 12.1 Å². The normalized spacial score (nSPS) is 19.0. The summed E-state index contributed by atoms with van der Waals surface area (Å²) in [5, 5.41) is 3.89. The second kappa shape index (κ2) is 7.03. The molecular formula is C20H17F3N6O2. The summed E-state index contributed by atoms with van der Waals surface area (Å²) < 4.78 is 50.8. The van der Waals surface area contributed by atoms with Crippen molar-refractivity contribution in [3.63, 3.8) is 0 Å². The summed E-state index contributed by atoms with van der Waals surface area (Å²) in [4.78, 5) is 25.0. The number of fused-ring (bicyclic) bond motifs is 1. The van der Waals surface area contributed by atoms with Crippen LogP contribution in [-0.4, -0.2) is 29.2 Å². The van der Waals surface area contributed by atoms with Gasteiger partial charge in [-0.3, -0.25) is 9.36 Å². The van der Waals surface area contributed by atoms with Gasteiger partial charge in [0.15, 0.2) is 17.0 Å². The molecule has 0 aliphatic heterocycles. The first kappa shape index (κ1) is 19.5. The zero-order valence-electron chi connectivity index (χ0n) is 16.4. The lowest BCUT2D eigenvalue weighted by atomic mass is 9.69. The molecule has 0 amide bonds. The smallest absolute Gasteiger partial charge is 0.280 e. The van der Waals surface area contributed by atoms with E-state index in [1.807, 2.05) is 0 Å². The molecule has 11 heteroatoms. The predicted molar refractivity (Wildman–Crippen MR) is 102 cm³/mol. The lowest BCUT2D eigenvalue weighted by molar-refractivity contribution is -0.102. The molecule has 0 saturated heterocycles. The molecule has 160 valence electrons. The van der Waals surface area contributed by atoms with Crippen LogP contribution in [0.25, 0.3) is 11.2 Å². The summed E-state index contributed by atoms with van der Waals surface area (Å²) in [5.74, 6) is -4.53. The summed E-state index contributed by atoms with van der Waals surface area (Å²) in [6.07, 6.45) is 3.16. The van der Waals surface area contributed by atoms with Gasteiger partial charge in [0.25, 0.3) is 11.5 Å². The average molecular weight is 430 g/mol. The maximum absolute atomic E-state index is 14.7. The van der Waals surface area contributed by atoms with Gasteiger partial charge in [-0.2, -0.15) is 4.98 Å². The number of aromatic nitrogens is 6. The summed E-state index contributed by atoms with van der Waals surface area (Å²) in [6, 6.07) is 4.51. The number of hydrogen-bond acceptors (Lipinski definition) is 6. The van der Waals surface area contributed by atoms with Crippen molar-refractivity contribution < 1.29 is 17.7 Å². The fourth-order valence-corrected chi connectivity index (χ4v) is 3.88. The molecule has 0 radical (unpaired) electrons. The molecule has 1 fully saturated rings. The Hall–Kier alpha value is -3.50. The first-order chi connectivity index (χ1) is 14.8. The summed E-state index contributed by atoms with van der Waals surface area (Å²) in [5.41, 5.74) is 0.0590. The van der Waals surface area contributed by atoms with E-state index in [2.05, 4.69) is 20.1 Å². The third-order valence-corrected chi connectivity index (χ3v) is 5.72. The Morgan fingerprint density at radius 2 is 2.00 bits per heavy atom.